The maximum absolute atomic E-state index is 11.8. The average molecular weight is 463 g/mol. The van der Waals surface area contributed by atoms with E-state index in [1.54, 1.807) is 12.1 Å². The first-order valence-electron chi connectivity index (χ1n) is 6.93. The van der Waals surface area contributed by atoms with E-state index in [0.717, 1.165) is 14.6 Å². The Kier molecular flexibility index (Phi) is 7.20. The zero-order chi connectivity index (χ0) is 16.7. The number of hydrogen-bond acceptors (Lipinski definition) is 2. The van der Waals surface area contributed by atoms with Crippen LogP contribution in [0.5, 0.6) is 5.75 Å². The lowest BCUT2D eigenvalue weighted by Gasteiger charge is -2.10. The fourth-order valence-electron chi connectivity index (χ4n) is 1.78. The third-order valence-electron chi connectivity index (χ3n) is 2.88. The highest BCUT2D eigenvalue weighted by Crippen LogP contribution is 2.27. The highest BCUT2D eigenvalue weighted by Gasteiger charge is 2.05. The largest absolute Gasteiger partial charge is 0.492 e. The molecule has 0 spiro atoms. The first kappa shape index (κ1) is 18.1. The predicted molar refractivity (Wildman–Crippen MR) is 100 cm³/mol. The molecule has 2 aromatic rings. The van der Waals surface area contributed by atoms with Gasteiger partial charge in [0, 0.05) is 15.5 Å². The Hall–Kier alpha value is -1.24. The molecule has 0 unspecified atom stereocenters. The van der Waals surface area contributed by atoms with E-state index in [-0.39, 0.29) is 6.03 Å². The summed E-state index contributed by atoms with van der Waals surface area (Å²) in [6.45, 7) is 0.973. The molecular formula is C16H15Br2ClN2O2. The monoisotopic (exact) mass is 460 g/mol. The molecule has 122 valence electrons. The van der Waals surface area contributed by atoms with Gasteiger partial charge in [-0.15, -0.1) is 0 Å². The highest BCUT2D eigenvalue weighted by atomic mass is 79.9. The van der Waals surface area contributed by atoms with Crippen LogP contribution >= 0.6 is 43.5 Å². The molecule has 7 heteroatoms. The first-order valence-corrected chi connectivity index (χ1v) is 8.90. The van der Waals surface area contributed by atoms with Gasteiger partial charge in [0.25, 0.3) is 0 Å². The van der Waals surface area contributed by atoms with E-state index >= 15 is 0 Å². The van der Waals surface area contributed by atoms with Crippen molar-refractivity contribution < 1.29 is 9.53 Å². The maximum Gasteiger partial charge on any atom is 0.319 e. The van der Waals surface area contributed by atoms with E-state index < -0.39 is 0 Å². The average Bonchev–Trinajstić information content (AvgIpc) is 2.51. The Morgan fingerprint density at radius 1 is 1.17 bits per heavy atom. The predicted octanol–water partition coefficient (Wildman–Crippen LogP) is 5.46. The third-order valence-corrected chi connectivity index (χ3v) is 4.36. The highest BCUT2D eigenvalue weighted by molar-refractivity contribution is 9.10. The van der Waals surface area contributed by atoms with Gasteiger partial charge in [-0.25, -0.2) is 4.79 Å². The molecule has 0 saturated heterocycles. The van der Waals surface area contributed by atoms with Crippen LogP contribution in [0.2, 0.25) is 5.02 Å². The Morgan fingerprint density at radius 3 is 2.70 bits per heavy atom. The van der Waals surface area contributed by atoms with Gasteiger partial charge in [-0.1, -0.05) is 39.7 Å². The Labute approximate surface area is 156 Å². The molecule has 0 atom stereocenters. The zero-order valence-electron chi connectivity index (χ0n) is 12.1. The number of anilines is 1. The number of para-hydroxylation sites is 1. The summed E-state index contributed by atoms with van der Waals surface area (Å²) in [6, 6.07) is 12.6. The third kappa shape index (κ3) is 6.05. The van der Waals surface area contributed by atoms with E-state index in [9.17, 15) is 4.79 Å². The van der Waals surface area contributed by atoms with Crippen LogP contribution in [-0.4, -0.2) is 19.2 Å². The molecule has 0 heterocycles. The number of ether oxygens (including phenoxy) is 1. The molecule has 2 rings (SSSR count). The van der Waals surface area contributed by atoms with E-state index in [0.29, 0.717) is 30.3 Å². The van der Waals surface area contributed by atoms with Crippen molar-refractivity contribution in [3.05, 3.63) is 56.4 Å². The smallest absolute Gasteiger partial charge is 0.319 e. The van der Waals surface area contributed by atoms with Gasteiger partial charge >= 0.3 is 6.03 Å². The van der Waals surface area contributed by atoms with E-state index in [2.05, 4.69) is 42.5 Å². The molecule has 2 N–H and O–H groups in total. The van der Waals surface area contributed by atoms with Gasteiger partial charge in [0.2, 0.25) is 0 Å². The van der Waals surface area contributed by atoms with Gasteiger partial charge in [-0.2, -0.15) is 0 Å². The molecule has 4 nitrogen and oxygen atoms in total. The Bertz CT molecular complexity index is 683. The molecular weight excluding hydrogens is 447 g/mol. The molecule has 0 bridgehead atoms. The summed E-state index contributed by atoms with van der Waals surface area (Å²) in [4.78, 5) is 11.8. The van der Waals surface area contributed by atoms with Crippen LogP contribution in [0.15, 0.2) is 51.4 Å². The van der Waals surface area contributed by atoms with Crippen LogP contribution in [0, 0.1) is 0 Å². The second-order valence-corrected chi connectivity index (χ2v) is 6.81. The summed E-state index contributed by atoms with van der Waals surface area (Å²) in [5, 5.41) is 6.10. The lowest BCUT2D eigenvalue weighted by atomic mass is 10.3. The van der Waals surface area contributed by atoms with Gasteiger partial charge in [0.1, 0.15) is 5.75 Å². The van der Waals surface area contributed by atoms with Crippen molar-refractivity contribution in [2.45, 2.75) is 6.42 Å². The number of amides is 2. The van der Waals surface area contributed by atoms with E-state index in [1.165, 1.54) is 0 Å². The number of urea groups is 1. The summed E-state index contributed by atoms with van der Waals surface area (Å²) in [6.07, 6.45) is 0.676. The number of halogens is 3. The van der Waals surface area contributed by atoms with Crippen LogP contribution in [0.4, 0.5) is 10.5 Å². The van der Waals surface area contributed by atoms with Crippen molar-refractivity contribution in [3.8, 4) is 5.75 Å². The van der Waals surface area contributed by atoms with Crippen LogP contribution in [0.25, 0.3) is 0 Å². The quantitative estimate of drug-likeness (QED) is 0.561. The lowest BCUT2D eigenvalue weighted by Crippen LogP contribution is -2.30. The van der Waals surface area contributed by atoms with Crippen LogP contribution < -0.4 is 15.4 Å². The fourth-order valence-corrected chi connectivity index (χ4v) is 2.89. The molecule has 0 aromatic heterocycles. The normalized spacial score (nSPS) is 10.2. The minimum atomic E-state index is -0.251. The Morgan fingerprint density at radius 2 is 1.96 bits per heavy atom. The number of carbonyl (C=O) groups is 1. The summed E-state index contributed by atoms with van der Waals surface area (Å²) in [5.41, 5.74) is 0.725. The molecule has 0 saturated carbocycles. The van der Waals surface area contributed by atoms with Gasteiger partial charge in [-0.05, 0) is 52.7 Å². The lowest BCUT2D eigenvalue weighted by molar-refractivity contribution is 0.250. The number of hydrogen-bond donors (Lipinski definition) is 2. The van der Waals surface area contributed by atoms with Crippen molar-refractivity contribution in [3.63, 3.8) is 0 Å². The van der Waals surface area contributed by atoms with E-state index in [4.69, 9.17) is 16.3 Å². The summed E-state index contributed by atoms with van der Waals surface area (Å²) in [7, 11) is 0. The Balaban J connectivity index is 1.67. The van der Waals surface area contributed by atoms with Crippen LogP contribution in [0.1, 0.15) is 6.42 Å². The van der Waals surface area contributed by atoms with Gasteiger partial charge in [0.15, 0.2) is 0 Å². The minimum absolute atomic E-state index is 0.251. The standard InChI is InChI=1S/C16H15Br2ClN2O2/c17-11-6-7-15(13(19)10-11)23-9-3-8-20-16(22)21-14-5-2-1-4-12(14)18/h1-2,4-7,10H,3,8-9H2,(H2,20,21,22). The van der Waals surface area contributed by atoms with Gasteiger partial charge in [0.05, 0.1) is 17.3 Å². The molecule has 0 aliphatic carbocycles. The van der Waals surface area contributed by atoms with Crippen LogP contribution in [-0.2, 0) is 0 Å². The van der Waals surface area contributed by atoms with Crippen molar-refractivity contribution in [1.29, 1.82) is 0 Å². The number of benzene rings is 2. The summed E-state index contributed by atoms with van der Waals surface area (Å²) >= 11 is 12.8. The van der Waals surface area contributed by atoms with Crippen molar-refractivity contribution in [2.75, 3.05) is 18.5 Å². The number of rotatable bonds is 6. The van der Waals surface area contributed by atoms with Crippen molar-refractivity contribution >= 4 is 55.2 Å². The fraction of sp³-hybridized carbons (Fsp3) is 0.188. The molecule has 0 radical (unpaired) electrons. The molecule has 2 amide bonds. The number of carbonyl (C=O) groups excluding carboxylic acids is 1. The SMILES string of the molecule is O=C(NCCCOc1ccc(Br)cc1Cl)Nc1ccccc1Br. The van der Waals surface area contributed by atoms with Crippen LogP contribution in [0.3, 0.4) is 0 Å². The summed E-state index contributed by atoms with van der Waals surface area (Å²) in [5.74, 6) is 0.632. The second kappa shape index (κ2) is 9.15. The summed E-state index contributed by atoms with van der Waals surface area (Å²) < 4.78 is 7.32. The van der Waals surface area contributed by atoms with Gasteiger partial charge in [-0.3, -0.25) is 0 Å². The number of nitrogens with one attached hydrogen (secondary N) is 2. The first-order chi connectivity index (χ1) is 11.1. The second-order valence-electron chi connectivity index (χ2n) is 4.64. The van der Waals surface area contributed by atoms with E-state index in [1.807, 2.05) is 30.3 Å². The molecule has 23 heavy (non-hydrogen) atoms. The molecule has 0 fully saturated rings. The van der Waals surface area contributed by atoms with Gasteiger partial charge < -0.3 is 15.4 Å². The maximum atomic E-state index is 11.8. The van der Waals surface area contributed by atoms with Crippen molar-refractivity contribution in [2.24, 2.45) is 0 Å². The topological polar surface area (TPSA) is 50.4 Å². The molecule has 2 aromatic carbocycles. The molecule has 0 aliphatic rings. The molecule has 0 aliphatic heterocycles. The minimum Gasteiger partial charge on any atom is -0.492 e. The zero-order valence-corrected chi connectivity index (χ0v) is 16.0. The van der Waals surface area contributed by atoms with Crippen molar-refractivity contribution in [1.82, 2.24) is 5.32 Å².